The Morgan fingerprint density at radius 2 is 2.18 bits per heavy atom. The third-order valence-electron chi connectivity index (χ3n) is 2.97. The van der Waals surface area contributed by atoms with E-state index < -0.39 is 18.0 Å². The van der Waals surface area contributed by atoms with Gasteiger partial charge >= 0.3 is 6.03 Å². The summed E-state index contributed by atoms with van der Waals surface area (Å²) in [6.45, 7) is 5.49. The lowest BCUT2D eigenvalue weighted by Gasteiger charge is -2.31. The van der Waals surface area contributed by atoms with Crippen LogP contribution in [0.3, 0.4) is 0 Å². The molecule has 0 aromatic carbocycles. The summed E-state index contributed by atoms with van der Waals surface area (Å²) in [7, 11) is 1.46. The van der Waals surface area contributed by atoms with Crippen molar-refractivity contribution in [2.24, 2.45) is 5.92 Å². The number of rotatable bonds is 3. The number of hydrogen-bond acceptors (Lipinski definition) is 4. The molecule has 0 aliphatic carbocycles. The minimum absolute atomic E-state index is 0.0224. The van der Waals surface area contributed by atoms with E-state index in [2.05, 4.69) is 22.9 Å². The fraction of sp³-hybridized carbons (Fsp3) is 0.818. The maximum atomic E-state index is 11.6. The van der Waals surface area contributed by atoms with E-state index in [4.69, 9.17) is 4.74 Å². The first-order valence-electron chi connectivity index (χ1n) is 5.93. The highest BCUT2D eigenvalue weighted by Gasteiger charge is 2.26. The number of amides is 3. The van der Waals surface area contributed by atoms with Crippen molar-refractivity contribution in [3.05, 3.63) is 0 Å². The fourth-order valence-electron chi connectivity index (χ4n) is 1.74. The van der Waals surface area contributed by atoms with E-state index in [9.17, 15) is 9.59 Å². The predicted octanol–water partition coefficient (Wildman–Crippen LogP) is -0.155. The van der Waals surface area contributed by atoms with Gasteiger partial charge in [-0.3, -0.25) is 10.1 Å². The van der Waals surface area contributed by atoms with Gasteiger partial charge in [0, 0.05) is 13.6 Å². The standard InChI is InChI=1S/C11H21N3O3/c1-7-4-5-13-6-9(7)17-8(2)10(15)14-11(16)12-3/h7-9,13H,4-6H2,1-3H3,(H2,12,14,15,16). The van der Waals surface area contributed by atoms with Crippen molar-refractivity contribution in [1.82, 2.24) is 16.0 Å². The molecule has 3 N–H and O–H groups in total. The number of piperidine rings is 1. The summed E-state index contributed by atoms with van der Waals surface area (Å²) < 4.78 is 5.66. The molecule has 0 saturated carbocycles. The van der Waals surface area contributed by atoms with Crippen molar-refractivity contribution in [2.45, 2.75) is 32.5 Å². The molecule has 3 unspecified atom stereocenters. The fourth-order valence-corrected chi connectivity index (χ4v) is 1.74. The van der Waals surface area contributed by atoms with Gasteiger partial charge in [0.2, 0.25) is 0 Å². The molecule has 1 heterocycles. The lowest BCUT2D eigenvalue weighted by molar-refractivity contribution is -0.136. The maximum absolute atomic E-state index is 11.6. The lowest BCUT2D eigenvalue weighted by atomic mass is 9.97. The van der Waals surface area contributed by atoms with Crippen LogP contribution in [0.4, 0.5) is 4.79 Å². The Kier molecular flexibility index (Phi) is 5.37. The molecular weight excluding hydrogens is 222 g/mol. The molecule has 1 aliphatic rings. The second-order valence-electron chi connectivity index (χ2n) is 4.36. The van der Waals surface area contributed by atoms with Crippen molar-refractivity contribution >= 4 is 11.9 Å². The summed E-state index contributed by atoms with van der Waals surface area (Å²) in [5.74, 6) is 0.00799. The van der Waals surface area contributed by atoms with E-state index in [-0.39, 0.29) is 6.10 Å². The van der Waals surface area contributed by atoms with Gasteiger partial charge in [-0.05, 0) is 25.8 Å². The largest absolute Gasteiger partial charge is 0.364 e. The Morgan fingerprint density at radius 1 is 1.47 bits per heavy atom. The van der Waals surface area contributed by atoms with Gasteiger partial charge < -0.3 is 15.4 Å². The molecule has 1 fully saturated rings. The predicted molar refractivity (Wildman–Crippen MR) is 63.6 cm³/mol. The number of urea groups is 1. The smallest absolute Gasteiger partial charge is 0.321 e. The number of imide groups is 1. The molecule has 17 heavy (non-hydrogen) atoms. The highest BCUT2D eigenvalue weighted by molar-refractivity contribution is 5.96. The van der Waals surface area contributed by atoms with Crippen molar-refractivity contribution in [2.75, 3.05) is 20.1 Å². The molecule has 1 rings (SSSR count). The van der Waals surface area contributed by atoms with Crippen LogP contribution in [0.5, 0.6) is 0 Å². The first-order chi connectivity index (χ1) is 8.04. The first-order valence-corrected chi connectivity index (χ1v) is 5.93. The topological polar surface area (TPSA) is 79.5 Å². The number of carbonyl (C=O) groups excluding carboxylic acids is 2. The van der Waals surface area contributed by atoms with Gasteiger partial charge in [0.1, 0.15) is 6.10 Å². The Morgan fingerprint density at radius 3 is 2.76 bits per heavy atom. The molecule has 3 atom stereocenters. The zero-order chi connectivity index (χ0) is 12.8. The number of carbonyl (C=O) groups is 2. The molecule has 1 saturated heterocycles. The first kappa shape index (κ1) is 13.9. The zero-order valence-electron chi connectivity index (χ0n) is 10.6. The highest BCUT2D eigenvalue weighted by atomic mass is 16.5. The summed E-state index contributed by atoms with van der Waals surface area (Å²) in [5.41, 5.74) is 0. The average molecular weight is 243 g/mol. The Labute approximate surface area is 101 Å². The van der Waals surface area contributed by atoms with Gasteiger partial charge in [-0.2, -0.15) is 0 Å². The maximum Gasteiger partial charge on any atom is 0.321 e. The Balaban J connectivity index is 2.39. The van der Waals surface area contributed by atoms with E-state index in [1.165, 1.54) is 7.05 Å². The summed E-state index contributed by atoms with van der Waals surface area (Å²) in [4.78, 5) is 22.5. The third kappa shape index (κ3) is 4.32. The molecule has 1 aliphatic heterocycles. The van der Waals surface area contributed by atoms with Gasteiger partial charge in [-0.25, -0.2) is 4.79 Å². The average Bonchev–Trinajstić information content (AvgIpc) is 2.31. The van der Waals surface area contributed by atoms with Crippen molar-refractivity contribution in [1.29, 1.82) is 0 Å². The van der Waals surface area contributed by atoms with Crippen LogP contribution >= 0.6 is 0 Å². The van der Waals surface area contributed by atoms with Crippen LogP contribution in [-0.4, -0.2) is 44.3 Å². The lowest BCUT2D eigenvalue weighted by Crippen LogP contribution is -2.48. The van der Waals surface area contributed by atoms with Crippen LogP contribution in [0.25, 0.3) is 0 Å². The minimum atomic E-state index is -0.625. The molecule has 6 heteroatoms. The summed E-state index contributed by atoms with van der Waals surface area (Å²) in [6.07, 6.45) is 0.433. The highest BCUT2D eigenvalue weighted by Crippen LogP contribution is 2.16. The number of hydrogen-bond donors (Lipinski definition) is 3. The van der Waals surface area contributed by atoms with Gasteiger partial charge in [-0.1, -0.05) is 6.92 Å². The van der Waals surface area contributed by atoms with Crippen LogP contribution in [0.2, 0.25) is 0 Å². The van der Waals surface area contributed by atoms with Crippen LogP contribution in [0.15, 0.2) is 0 Å². The van der Waals surface area contributed by atoms with Gasteiger partial charge in [0.15, 0.2) is 0 Å². The van der Waals surface area contributed by atoms with Crippen LogP contribution in [0, 0.1) is 5.92 Å². The molecule has 0 aromatic rings. The molecule has 3 amide bonds. The molecule has 0 aromatic heterocycles. The summed E-state index contributed by atoms with van der Waals surface area (Å²) >= 11 is 0. The van der Waals surface area contributed by atoms with E-state index in [0.717, 1.165) is 19.5 Å². The molecule has 0 spiro atoms. The van der Waals surface area contributed by atoms with Crippen LogP contribution in [0.1, 0.15) is 20.3 Å². The molecule has 0 radical (unpaired) electrons. The van der Waals surface area contributed by atoms with Gasteiger partial charge in [0.25, 0.3) is 5.91 Å². The van der Waals surface area contributed by atoms with Gasteiger partial charge in [0.05, 0.1) is 6.10 Å². The van der Waals surface area contributed by atoms with E-state index in [1.54, 1.807) is 6.92 Å². The van der Waals surface area contributed by atoms with Crippen molar-refractivity contribution < 1.29 is 14.3 Å². The van der Waals surface area contributed by atoms with Crippen molar-refractivity contribution in [3.63, 3.8) is 0 Å². The summed E-state index contributed by atoms with van der Waals surface area (Å²) in [6, 6.07) is -0.514. The zero-order valence-corrected chi connectivity index (χ0v) is 10.6. The van der Waals surface area contributed by atoms with Crippen LogP contribution in [-0.2, 0) is 9.53 Å². The number of nitrogens with one attached hydrogen (secondary N) is 3. The van der Waals surface area contributed by atoms with E-state index >= 15 is 0 Å². The monoisotopic (exact) mass is 243 g/mol. The SMILES string of the molecule is CNC(=O)NC(=O)C(C)OC1CNCCC1C. The normalized spacial score (nSPS) is 26.1. The van der Waals surface area contributed by atoms with Crippen LogP contribution < -0.4 is 16.0 Å². The van der Waals surface area contributed by atoms with E-state index in [1.807, 2.05) is 0 Å². The molecule has 6 nitrogen and oxygen atoms in total. The Bertz CT molecular complexity index is 283. The second kappa shape index (κ2) is 6.56. The molecular formula is C11H21N3O3. The minimum Gasteiger partial charge on any atom is -0.364 e. The van der Waals surface area contributed by atoms with E-state index in [0.29, 0.717) is 5.92 Å². The summed E-state index contributed by atoms with van der Waals surface area (Å²) in [5, 5.41) is 7.75. The number of ether oxygens (including phenoxy) is 1. The molecule has 98 valence electrons. The third-order valence-corrected chi connectivity index (χ3v) is 2.97. The quantitative estimate of drug-likeness (QED) is 0.644. The van der Waals surface area contributed by atoms with Gasteiger partial charge in [-0.15, -0.1) is 0 Å². The Hall–Kier alpha value is -1.14. The second-order valence-corrected chi connectivity index (χ2v) is 4.36. The van der Waals surface area contributed by atoms with Crippen molar-refractivity contribution in [3.8, 4) is 0 Å². The molecule has 0 bridgehead atoms.